The van der Waals surface area contributed by atoms with Gasteiger partial charge in [0.15, 0.2) is 5.88 Å². The molecule has 2 heterocycles. The summed E-state index contributed by atoms with van der Waals surface area (Å²) in [6.07, 6.45) is 0. The van der Waals surface area contributed by atoms with E-state index in [-0.39, 0.29) is 23.9 Å². The number of nitrogens with one attached hydrogen (secondary N) is 2. The molecule has 1 aromatic heterocycles. The lowest BCUT2D eigenvalue weighted by atomic mass is 10.2. The Kier molecular flexibility index (Phi) is 2.82. The van der Waals surface area contributed by atoms with E-state index in [2.05, 4.69) is 10.3 Å². The van der Waals surface area contributed by atoms with Crippen molar-refractivity contribution in [3.05, 3.63) is 28.0 Å². The molecule has 2 rings (SSSR count). The van der Waals surface area contributed by atoms with Crippen LogP contribution >= 0.6 is 0 Å². The molecule has 1 aromatic rings. The Morgan fingerprint density at radius 3 is 2.76 bits per heavy atom. The molecule has 0 unspecified atom stereocenters. The number of hydrogen-bond acceptors (Lipinski definition) is 4. The molecule has 0 spiro atoms. The monoisotopic (exact) mass is 237 g/mol. The molecule has 1 saturated heterocycles. The molecule has 2 amide bonds. The predicted octanol–water partition coefficient (Wildman–Crippen LogP) is -1.35. The zero-order valence-electron chi connectivity index (χ0n) is 8.90. The molecule has 0 aromatic carbocycles. The highest BCUT2D eigenvalue weighted by molar-refractivity contribution is 5.97. The van der Waals surface area contributed by atoms with Gasteiger partial charge in [-0.2, -0.15) is 0 Å². The van der Waals surface area contributed by atoms with Crippen LogP contribution in [-0.2, 0) is 4.79 Å². The van der Waals surface area contributed by atoms with Gasteiger partial charge in [0, 0.05) is 25.2 Å². The Morgan fingerprint density at radius 1 is 1.35 bits per heavy atom. The van der Waals surface area contributed by atoms with Crippen LogP contribution in [0.1, 0.15) is 10.4 Å². The van der Waals surface area contributed by atoms with Crippen molar-refractivity contribution in [2.45, 2.75) is 0 Å². The number of aromatic hydroxyl groups is 1. The summed E-state index contributed by atoms with van der Waals surface area (Å²) in [7, 11) is 0. The van der Waals surface area contributed by atoms with Gasteiger partial charge in [0.1, 0.15) is 0 Å². The summed E-state index contributed by atoms with van der Waals surface area (Å²) in [6.45, 7) is 0.740. The Balaban J connectivity index is 2.24. The molecule has 7 heteroatoms. The van der Waals surface area contributed by atoms with Crippen molar-refractivity contribution < 1.29 is 14.7 Å². The fourth-order valence-corrected chi connectivity index (χ4v) is 1.65. The SMILES string of the molecule is O=C1CN(C(=O)c2cc(O)[nH]c(=O)c2)CCN1. The Labute approximate surface area is 96.1 Å². The second kappa shape index (κ2) is 4.28. The number of carbonyl (C=O) groups excluding carboxylic acids is 2. The van der Waals surface area contributed by atoms with Crippen molar-refractivity contribution in [1.82, 2.24) is 15.2 Å². The van der Waals surface area contributed by atoms with Gasteiger partial charge < -0.3 is 15.3 Å². The first kappa shape index (κ1) is 11.2. The first-order valence-corrected chi connectivity index (χ1v) is 5.05. The second-order valence-corrected chi connectivity index (χ2v) is 3.70. The van der Waals surface area contributed by atoms with Crippen LogP contribution in [0.2, 0.25) is 0 Å². The number of nitrogens with zero attached hydrogens (tertiary/aromatic N) is 1. The maximum atomic E-state index is 11.9. The summed E-state index contributed by atoms with van der Waals surface area (Å²) in [5.74, 6) is -1.05. The van der Waals surface area contributed by atoms with Crippen LogP contribution in [0.25, 0.3) is 0 Å². The van der Waals surface area contributed by atoms with E-state index in [1.54, 1.807) is 0 Å². The van der Waals surface area contributed by atoms with Gasteiger partial charge in [-0.15, -0.1) is 0 Å². The second-order valence-electron chi connectivity index (χ2n) is 3.70. The Bertz CT molecular complexity index is 523. The van der Waals surface area contributed by atoms with Crippen LogP contribution < -0.4 is 10.9 Å². The number of pyridine rings is 1. The van der Waals surface area contributed by atoms with Gasteiger partial charge >= 0.3 is 0 Å². The third-order valence-corrected chi connectivity index (χ3v) is 2.40. The van der Waals surface area contributed by atoms with E-state index in [4.69, 9.17) is 0 Å². The van der Waals surface area contributed by atoms with Gasteiger partial charge in [-0.05, 0) is 0 Å². The number of carbonyl (C=O) groups is 2. The minimum absolute atomic E-state index is 0.0353. The van der Waals surface area contributed by atoms with Gasteiger partial charge in [0.25, 0.3) is 11.5 Å². The van der Waals surface area contributed by atoms with E-state index in [0.717, 1.165) is 12.1 Å². The minimum Gasteiger partial charge on any atom is -0.494 e. The number of hydrogen-bond donors (Lipinski definition) is 3. The van der Waals surface area contributed by atoms with Gasteiger partial charge in [-0.1, -0.05) is 0 Å². The zero-order chi connectivity index (χ0) is 12.4. The van der Waals surface area contributed by atoms with E-state index in [9.17, 15) is 19.5 Å². The maximum absolute atomic E-state index is 11.9. The summed E-state index contributed by atoms with van der Waals surface area (Å²) in [5.41, 5.74) is -0.490. The number of aromatic nitrogens is 1. The topological polar surface area (TPSA) is 102 Å². The summed E-state index contributed by atoms with van der Waals surface area (Å²) in [4.78, 5) is 37.6. The summed E-state index contributed by atoms with van der Waals surface area (Å²) < 4.78 is 0. The normalized spacial score (nSPS) is 15.5. The summed E-state index contributed by atoms with van der Waals surface area (Å²) >= 11 is 0. The molecule has 0 atom stereocenters. The number of H-pyrrole nitrogens is 1. The molecule has 0 bridgehead atoms. The molecule has 17 heavy (non-hydrogen) atoms. The first-order valence-electron chi connectivity index (χ1n) is 5.05. The average molecular weight is 237 g/mol. The lowest BCUT2D eigenvalue weighted by Gasteiger charge is -2.26. The molecule has 1 aliphatic heterocycles. The zero-order valence-corrected chi connectivity index (χ0v) is 8.90. The van der Waals surface area contributed by atoms with Crippen LogP contribution in [0.15, 0.2) is 16.9 Å². The average Bonchev–Trinajstić information content (AvgIpc) is 2.26. The highest BCUT2D eigenvalue weighted by atomic mass is 16.3. The standard InChI is InChI=1S/C10H11N3O4/c14-7-3-6(4-8(15)12-7)10(17)13-2-1-11-9(16)5-13/h3-4H,1-2,5H2,(H,11,16)(H2,12,14,15). The fourth-order valence-electron chi connectivity index (χ4n) is 1.65. The molecule has 1 aliphatic rings. The molecular weight excluding hydrogens is 226 g/mol. The summed E-state index contributed by atoms with van der Waals surface area (Å²) in [6, 6.07) is 2.25. The third-order valence-electron chi connectivity index (χ3n) is 2.40. The summed E-state index contributed by atoms with van der Waals surface area (Å²) in [5, 5.41) is 11.8. The van der Waals surface area contributed by atoms with Crippen LogP contribution in [-0.4, -0.2) is 46.4 Å². The van der Waals surface area contributed by atoms with Crippen molar-refractivity contribution in [1.29, 1.82) is 0 Å². The number of aromatic amines is 1. The van der Waals surface area contributed by atoms with E-state index in [0.29, 0.717) is 13.1 Å². The smallest absolute Gasteiger partial charge is 0.254 e. The highest BCUT2D eigenvalue weighted by Gasteiger charge is 2.22. The maximum Gasteiger partial charge on any atom is 0.254 e. The third kappa shape index (κ3) is 2.44. The van der Waals surface area contributed by atoms with E-state index >= 15 is 0 Å². The van der Waals surface area contributed by atoms with Crippen molar-refractivity contribution in [3.8, 4) is 5.88 Å². The molecule has 3 N–H and O–H groups in total. The largest absolute Gasteiger partial charge is 0.494 e. The lowest BCUT2D eigenvalue weighted by Crippen LogP contribution is -2.50. The predicted molar refractivity (Wildman–Crippen MR) is 57.6 cm³/mol. The van der Waals surface area contributed by atoms with Crippen molar-refractivity contribution in [2.24, 2.45) is 0 Å². The molecular formula is C10H11N3O4. The molecule has 90 valence electrons. The van der Waals surface area contributed by atoms with Crippen LogP contribution in [0.5, 0.6) is 5.88 Å². The minimum atomic E-state index is -0.560. The molecule has 0 radical (unpaired) electrons. The van der Waals surface area contributed by atoms with Gasteiger partial charge in [0.2, 0.25) is 5.91 Å². The van der Waals surface area contributed by atoms with Crippen molar-refractivity contribution in [3.63, 3.8) is 0 Å². The van der Waals surface area contributed by atoms with Crippen molar-refractivity contribution in [2.75, 3.05) is 19.6 Å². The van der Waals surface area contributed by atoms with E-state index < -0.39 is 11.5 Å². The Morgan fingerprint density at radius 2 is 2.12 bits per heavy atom. The molecule has 1 fully saturated rings. The van der Waals surface area contributed by atoms with Gasteiger partial charge in [-0.25, -0.2) is 0 Å². The van der Waals surface area contributed by atoms with Gasteiger partial charge in [0.05, 0.1) is 12.1 Å². The molecule has 0 aliphatic carbocycles. The van der Waals surface area contributed by atoms with Crippen LogP contribution in [0.3, 0.4) is 0 Å². The Hall–Kier alpha value is -2.31. The number of piperazine rings is 1. The van der Waals surface area contributed by atoms with E-state index in [1.165, 1.54) is 4.90 Å². The first-order chi connectivity index (χ1) is 8.06. The fraction of sp³-hybridized carbons (Fsp3) is 0.300. The molecule has 7 nitrogen and oxygen atoms in total. The number of rotatable bonds is 1. The lowest BCUT2D eigenvalue weighted by molar-refractivity contribution is -0.123. The molecule has 0 saturated carbocycles. The highest BCUT2D eigenvalue weighted by Crippen LogP contribution is 2.08. The van der Waals surface area contributed by atoms with Crippen molar-refractivity contribution >= 4 is 11.8 Å². The van der Waals surface area contributed by atoms with Crippen LogP contribution in [0.4, 0.5) is 0 Å². The van der Waals surface area contributed by atoms with Gasteiger partial charge in [-0.3, -0.25) is 19.4 Å². The quantitative estimate of drug-likeness (QED) is 0.562. The van der Waals surface area contributed by atoms with E-state index in [1.807, 2.05) is 0 Å². The van der Waals surface area contributed by atoms with Crippen LogP contribution in [0, 0.1) is 0 Å². The number of amides is 2.